The van der Waals surface area contributed by atoms with Crippen LogP contribution in [0.15, 0.2) is 53.3 Å². The minimum absolute atomic E-state index is 0.175. The van der Waals surface area contributed by atoms with Crippen molar-refractivity contribution in [3.05, 3.63) is 87.4 Å². The second-order valence-corrected chi connectivity index (χ2v) is 5.92. The topological polar surface area (TPSA) is 17.1 Å². The SMILES string of the molecule is CCc1c(-c2ccc(C)cc2)c2c(c3ccccc3c1=O)[CH]2. The van der Waals surface area contributed by atoms with E-state index in [-0.39, 0.29) is 5.43 Å². The molecule has 1 heteroatoms. The molecule has 1 aliphatic carbocycles. The van der Waals surface area contributed by atoms with Gasteiger partial charge in [-0.05, 0) is 41.0 Å². The molecule has 3 aromatic rings. The fourth-order valence-electron chi connectivity index (χ4n) is 3.28. The van der Waals surface area contributed by atoms with Crippen LogP contribution in [0, 0.1) is 13.3 Å². The molecule has 0 aliphatic heterocycles. The summed E-state index contributed by atoms with van der Waals surface area (Å²) in [6.45, 7) is 4.15. The molecule has 3 aromatic carbocycles. The Hall–Kier alpha value is -2.41. The quantitative estimate of drug-likeness (QED) is 0.524. The first-order valence-electron chi connectivity index (χ1n) is 7.74. The monoisotopic (exact) mass is 285 g/mol. The summed E-state index contributed by atoms with van der Waals surface area (Å²) in [5, 5.41) is 1.92. The van der Waals surface area contributed by atoms with E-state index in [1.807, 2.05) is 18.2 Å². The third-order valence-electron chi connectivity index (χ3n) is 4.50. The first kappa shape index (κ1) is 13.3. The van der Waals surface area contributed by atoms with Gasteiger partial charge < -0.3 is 0 Å². The van der Waals surface area contributed by atoms with E-state index in [1.54, 1.807) is 0 Å². The van der Waals surface area contributed by atoms with Crippen molar-refractivity contribution in [1.29, 1.82) is 0 Å². The summed E-state index contributed by atoms with van der Waals surface area (Å²) in [4.78, 5) is 13.0. The third-order valence-corrected chi connectivity index (χ3v) is 4.50. The van der Waals surface area contributed by atoms with Crippen LogP contribution in [-0.4, -0.2) is 0 Å². The molecular weight excluding hydrogens is 268 g/mol. The van der Waals surface area contributed by atoms with Gasteiger partial charge in [-0.25, -0.2) is 0 Å². The van der Waals surface area contributed by atoms with Gasteiger partial charge in [0.05, 0.1) is 0 Å². The fraction of sp³-hybridized carbons (Fsp3) is 0.143. The first-order chi connectivity index (χ1) is 10.7. The highest BCUT2D eigenvalue weighted by Gasteiger charge is 2.27. The van der Waals surface area contributed by atoms with Gasteiger partial charge in [-0.2, -0.15) is 0 Å². The standard InChI is InChI=1S/C21H17O/c1-3-15-20(14-10-8-13(2)9-11-14)19-12-18(19)16-6-4-5-7-17(16)21(15)22/h4-12H,3H2,1-2H3. The Kier molecular flexibility index (Phi) is 2.90. The third kappa shape index (κ3) is 1.89. The van der Waals surface area contributed by atoms with Crippen molar-refractivity contribution in [3.63, 3.8) is 0 Å². The second-order valence-electron chi connectivity index (χ2n) is 5.92. The summed E-state index contributed by atoms with van der Waals surface area (Å²) in [5.41, 5.74) is 7.06. The van der Waals surface area contributed by atoms with E-state index in [9.17, 15) is 4.79 Å². The average Bonchev–Trinajstić information content (AvgIpc) is 3.33. The zero-order valence-electron chi connectivity index (χ0n) is 12.8. The van der Waals surface area contributed by atoms with Gasteiger partial charge in [-0.1, -0.05) is 61.0 Å². The molecule has 0 unspecified atom stereocenters. The van der Waals surface area contributed by atoms with Gasteiger partial charge in [-0.3, -0.25) is 4.79 Å². The van der Waals surface area contributed by atoms with Gasteiger partial charge in [0.25, 0.3) is 0 Å². The minimum atomic E-state index is 0.175. The molecule has 0 atom stereocenters. The Balaban J connectivity index is 2.15. The Labute approximate surface area is 130 Å². The number of rotatable bonds is 2. The van der Waals surface area contributed by atoms with Crippen LogP contribution in [-0.2, 0) is 6.42 Å². The molecular formula is C21H17O. The van der Waals surface area contributed by atoms with Crippen molar-refractivity contribution >= 4 is 10.8 Å². The number of hydrogen-bond acceptors (Lipinski definition) is 1. The molecule has 0 saturated heterocycles. The van der Waals surface area contributed by atoms with Crippen LogP contribution in [0.3, 0.4) is 0 Å². The molecule has 107 valence electrons. The van der Waals surface area contributed by atoms with Crippen LogP contribution in [0.2, 0.25) is 0 Å². The molecule has 1 radical (unpaired) electrons. The van der Waals surface area contributed by atoms with E-state index in [2.05, 4.69) is 50.6 Å². The number of fused-ring (bicyclic) bond motifs is 3. The van der Waals surface area contributed by atoms with Crippen molar-refractivity contribution < 1.29 is 0 Å². The minimum Gasteiger partial charge on any atom is -0.289 e. The van der Waals surface area contributed by atoms with Crippen LogP contribution in [0.1, 0.15) is 29.2 Å². The maximum absolute atomic E-state index is 13.0. The lowest BCUT2D eigenvalue weighted by Gasteiger charge is -2.06. The highest BCUT2D eigenvalue weighted by Crippen LogP contribution is 2.43. The van der Waals surface area contributed by atoms with Gasteiger partial charge >= 0.3 is 0 Å². The van der Waals surface area contributed by atoms with E-state index in [0.717, 1.165) is 33.9 Å². The largest absolute Gasteiger partial charge is 0.289 e. The molecule has 0 saturated carbocycles. The maximum Gasteiger partial charge on any atom is 0.190 e. The number of hydrogen-bond donors (Lipinski definition) is 0. The van der Waals surface area contributed by atoms with Crippen molar-refractivity contribution in [2.24, 2.45) is 0 Å². The van der Waals surface area contributed by atoms with Crippen molar-refractivity contribution in [3.8, 4) is 11.1 Å². The highest BCUT2D eigenvalue weighted by molar-refractivity contribution is 5.98. The van der Waals surface area contributed by atoms with Crippen LogP contribution >= 0.6 is 0 Å². The normalized spacial score (nSPS) is 12.3. The van der Waals surface area contributed by atoms with E-state index in [0.29, 0.717) is 0 Å². The van der Waals surface area contributed by atoms with Gasteiger partial charge in [0, 0.05) is 17.4 Å². The Morgan fingerprint density at radius 3 is 2.23 bits per heavy atom. The molecule has 1 nitrogen and oxygen atoms in total. The number of benzene rings is 2. The highest BCUT2D eigenvalue weighted by atomic mass is 16.1. The zero-order valence-corrected chi connectivity index (χ0v) is 12.8. The van der Waals surface area contributed by atoms with E-state index in [1.165, 1.54) is 16.7 Å². The van der Waals surface area contributed by atoms with E-state index < -0.39 is 0 Å². The van der Waals surface area contributed by atoms with Crippen molar-refractivity contribution in [2.75, 3.05) is 0 Å². The second kappa shape index (κ2) is 4.81. The molecule has 0 fully saturated rings. The predicted octanol–water partition coefficient (Wildman–Crippen LogP) is 4.65. The lowest BCUT2D eigenvalue weighted by molar-refractivity contribution is 1.13. The Morgan fingerprint density at radius 2 is 1.55 bits per heavy atom. The van der Waals surface area contributed by atoms with E-state index in [4.69, 9.17) is 0 Å². The van der Waals surface area contributed by atoms with E-state index >= 15 is 0 Å². The van der Waals surface area contributed by atoms with Crippen molar-refractivity contribution in [2.45, 2.75) is 20.3 Å². The van der Waals surface area contributed by atoms with Gasteiger partial charge in [-0.15, -0.1) is 0 Å². The number of aryl methyl sites for hydroxylation is 1. The molecule has 22 heavy (non-hydrogen) atoms. The average molecular weight is 285 g/mol. The van der Waals surface area contributed by atoms with Crippen molar-refractivity contribution in [1.82, 2.24) is 0 Å². The Morgan fingerprint density at radius 1 is 0.864 bits per heavy atom. The van der Waals surface area contributed by atoms with Gasteiger partial charge in [0.2, 0.25) is 0 Å². The van der Waals surface area contributed by atoms with Crippen LogP contribution in [0.25, 0.3) is 21.9 Å². The molecule has 0 amide bonds. The molecule has 4 rings (SSSR count). The van der Waals surface area contributed by atoms with Crippen LogP contribution in [0.4, 0.5) is 0 Å². The van der Waals surface area contributed by atoms with Gasteiger partial charge in [0.15, 0.2) is 5.43 Å². The lowest BCUT2D eigenvalue weighted by Crippen LogP contribution is -2.07. The molecule has 0 N–H and O–H groups in total. The summed E-state index contributed by atoms with van der Waals surface area (Å²) in [7, 11) is 0. The molecule has 0 spiro atoms. The summed E-state index contributed by atoms with van der Waals surface area (Å²) in [5.74, 6) is 0. The summed E-state index contributed by atoms with van der Waals surface area (Å²) in [6.07, 6.45) is 2.96. The maximum atomic E-state index is 13.0. The molecule has 0 bridgehead atoms. The molecule has 0 heterocycles. The van der Waals surface area contributed by atoms with Crippen LogP contribution < -0.4 is 5.43 Å². The van der Waals surface area contributed by atoms with Crippen LogP contribution in [0.5, 0.6) is 0 Å². The predicted molar refractivity (Wildman–Crippen MR) is 92.3 cm³/mol. The Bertz CT molecular complexity index is 950. The fourth-order valence-corrected chi connectivity index (χ4v) is 3.28. The smallest absolute Gasteiger partial charge is 0.190 e. The summed E-state index contributed by atoms with van der Waals surface area (Å²) < 4.78 is 0. The zero-order chi connectivity index (χ0) is 15.3. The summed E-state index contributed by atoms with van der Waals surface area (Å²) in [6, 6.07) is 16.4. The molecule has 1 aliphatic rings. The lowest BCUT2D eigenvalue weighted by atomic mass is 9.97. The first-order valence-corrected chi connectivity index (χ1v) is 7.74. The molecule has 0 aromatic heterocycles. The van der Waals surface area contributed by atoms with Gasteiger partial charge in [0.1, 0.15) is 0 Å². The summed E-state index contributed by atoms with van der Waals surface area (Å²) >= 11 is 0.